The van der Waals surface area contributed by atoms with Crippen molar-refractivity contribution in [3.8, 4) is 0 Å². The van der Waals surface area contributed by atoms with Crippen molar-refractivity contribution in [1.29, 1.82) is 0 Å². The van der Waals surface area contributed by atoms with Gasteiger partial charge in [-0.2, -0.15) is 0 Å². The molecule has 0 aliphatic heterocycles. The fraction of sp³-hybridized carbons (Fsp3) is 0.143. The van der Waals surface area contributed by atoms with Crippen LogP contribution in [0.15, 0.2) is 24.5 Å². The van der Waals surface area contributed by atoms with Crippen molar-refractivity contribution in [1.82, 2.24) is 10.3 Å². The average molecular weight is 152 g/mol. The monoisotopic (exact) mass is 152 g/mol. The van der Waals surface area contributed by atoms with Gasteiger partial charge in [-0.05, 0) is 11.6 Å². The molecule has 2 nitrogen and oxygen atoms in total. The maximum atomic E-state index is 4.59. The summed E-state index contributed by atoms with van der Waals surface area (Å²) in [5.74, 6) is 0. The van der Waals surface area contributed by atoms with Crippen LogP contribution in [0.3, 0.4) is 0 Å². The summed E-state index contributed by atoms with van der Waals surface area (Å²) in [5.41, 5.74) is 2.65. The molecular weight excluding hydrogens is 144 g/mol. The molecule has 0 saturated carbocycles. The van der Waals surface area contributed by atoms with Gasteiger partial charge in [0.1, 0.15) is 0 Å². The molecule has 3 heteroatoms. The Morgan fingerprint density at radius 1 is 1.70 bits per heavy atom. The van der Waals surface area contributed by atoms with Crippen LogP contribution in [-0.2, 0) is 6.54 Å². The number of aromatic nitrogens is 1. The van der Waals surface area contributed by atoms with Crippen LogP contribution in [0.25, 0.3) is 0 Å². The third-order valence-electron chi connectivity index (χ3n) is 1.11. The number of rotatable bonds is 3. The summed E-state index contributed by atoms with van der Waals surface area (Å²) in [6.07, 6.45) is 3.56. The van der Waals surface area contributed by atoms with Gasteiger partial charge in [-0.25, -0.2) is 0 Å². The highest BCUT2D eigenvalue weighted by atomic mass is 32.1. The molecule has 0 aliphatic rings. The first-order valence-electron chi connectivity index (χ1n) is 2.99. The molecular formula is C7H8N2S. The molecule has 0 aromatic carbocycles. The third kappa shape index (κ3) is 2.11. The van der Waals surface area contributed by atoms with E-state index in [1.165, 1.54) is 5.49 Å². The number of nitrogens with zero attached hydrogens (tertiary/aromatic N) is 1. The van der Waals surface area contributed by atoms with Crippen LogP contribution in [0.4, 0.5) is 0 Å². The molecule has 0 saturated heterocycles. The summed E-state index contributed by atoms with van der Waals surface area (Å²) in [6, 6.07) is 3.90. The van der Waals surface area contributed by atoms with E-state index in [4.69, 9.17) is 0 Å². The highest BCUT2D eigenvalue weighted by molar-refractivity contribution is 7.78. The first kappa shape index (κ1) is 7.15. The van der Waals surface area contributed by atoms with Gasteiger partial charge < -0.3 is 5.32 Å². The zero-order valence-corrected chi connectivity index (χ0v) is 6.27. The van der Waals surface area contributed by atoms with Gasteiger partial charge in [-0.15, -0.1) is 0 Å². The van der Waals surface area contributed by atoms with Gasteiger partial charge in [-0.1, -0.05) is 18.3 Å². The summed E-state index contributed by atoms with van der Waals surface area (Å²) >= 11 is 4.59. The molecule has 0 spiro atoms. The van der Waals surface area contributed by atoms with Crippen LogP contribution in [0.2, 0.25) is 0 Å². The minimum atomic E-state index is 0.761. The standard InChI is InChI=1S/C7H8N2S/c10-6-9-5-7-2-1-3-8-4-7/h1-4,6H,5H2,(H,9,10). The first-order chi connectivity index (χ1) is 4.93. The highest BCUT2D eigenvalue weighted by Crippen LogP contribution is 1.92. The number of hydrogen-bond donors (Lipinski definition) is 1. The maximum absolute atomic E-state index is 4.59. The van der Waals surface area contributed by atoms with E-state index in [0.29, 0.717) is 0 Å². The zero-order chi connectivity index (χ0) is 7.23. The SMILES string of the molecule is S=CNCc1cccnc1. The Kier molecular flexibility index (Phi) is 2.83. The Balaban J connectivity index is 2.50. The van der Waals surface area contributed by atoms with Gasteiger partial charge in [0.05, 0.1) is 5.49 Å². The van der Waals surface area contributed by atoms with Crippen LogP contribution in [0.1, 0.15) is 5.56 Å². The number of thiocarbonyl (C=S) groups is 1. The topological polar surface area (TPSA) is 24.9 Å². The van der Waals surface area contributed by atoms with E-state index in [2.05, 4.69) is 22.5 Å². The zero-order valence-electron chi connectivity index (χ0n) is 5.45. The largest absolute Gasteiger partial charge is 0.378 e. The van der Waals surface area contributed by atoms with Crippen molar-refractivity contribution in [2.24, 2.45) is 0 Å². The molecule has 0 unspecified atom stereocenters. The lowest BCUT2D eigenvalue weighted by molar-refractivity contribution is 0.934. The molecule has 1 N–H and O–H groups in total. The minimum absolute atomic E-state index is 0.761. The predicted molar refractivity (Wildman–Crippen MR) is 44.7 cm³/mol. The summed E-state index contributed by atoms with van der Waals surface area (Å²) in [4.78, 5) is 3.95. The van der Waals surface area contributed by atoms with Gasteiger partial charge in [0.2, 0.25) is 0 Å². The van der Waals surface area contributed by atoms with Gasteiger partial charge >= 0.3 is 0 Å². The molecule has 52 valence electrons. The van der Waals surface area contributed by atoms with Gasteiger partial charge in [0, 0.05) is 18.9 Å². The smallest absolute Gasteiger partial charge is 0.0617 e. The van der Waals surface area contributed by atoms with Crippen molar-refractivity contribution in [3.05, 3.63) is 30.1 Å². The Morgan fingerprint density at radius 3 is 3.20 bits per heavy atom. The van der Waals surface area contributed by atoms with Crippen molar-refractivity contribution in [2.75, 3.05) is 0 Å². The van der Waals surface area contributed by atoms with Crippen LogP contribution >= 0.6 is 12.2 Å². The maximum Gasteiger partial charge on any atom is 0.0617 e. The van der Waals surface area contributed by atoms with Crippen LogP contribution in [0.5, 0.6) is 0 Å². The van der Waals surface area contributed by atoms with Crippen LogP contribution < -0.4 is 5.32 Å². The van der Waals surface area contributed by atoms with Crippen molar-refractivity contribution < 1.29 is 0 Å². The van der Waals surface area contributed by atoms with Gasteiger partial charge in [-0.3, -0.25) is 4.98 Å². The molecule has 10 heavy (non-hydrogen) atoms. The normalized spacial score (nSPS) is 8.80. The lowest BCUT2D eigenvalue weighted by Crippen LogP contribution is -2.08. The molecule has 0 aliphatic carbocycles. The van der Waals surface area contributed by atoms with E-state index in [1.54, 1.807) is 6.20 Å². The number of hydrogen-bond acceptors (Lipinski definition) is 2. The molecule has 0 bridgehead atoms. The van der Waals surface area contributed by atoms with E-state index < -0.39 is 0 Å². The van der Waals surface area contributed by atoms with E-state index >= 15 is 0 Å². The molecule has 1 rings (SSSR count). The molecule has 0 radical (unpaired) electrons. The Bertz CT molecular complexity index is 198. The summed E-state index contributed by atoms with van der Waals surface area (Å²) in [6.45, 7) is 0.761. The Morgan fingerprint density at radius 2 is 2.60 bits per heavy atom. The van der Waals surface area contributed by atoms with Crippen molar-refractivity contribution in [3.63, 3.8) is 0 Å². The fourth-order valence-corrected chi connectivity index (χ4v) is 0.746. The summed E-state index contributed by atoms with van der Waals surface area (Å²) in [5, 5.41) is 2.91. The lowest BCUT2D eigenvalue weighted by atomic mass is 10.3. The Labute approximate surface area is 65.3 Å². The van der Waals surface area contributed by atoms with E-state index in [9.17, 15) is 0 Å². The van der Waals surface area contributed by atoms with Crippen molar-refractivity contribution >= 4 is 17.7 Å². The van der Waals surface area contributed by atoms with E-state index in [1.807, 2.05) is 18.3 Å². The van der Waals surface area contributed by atoms with Crippen LogP contribution in [0, 0.1) is 0 Å². The van der Waals surface area contributed by atoms with E-state index in [0.717, 1.165) is 12.1 Å². The van der Waals surface area contributed by atoms with Crippen LogP contribution in [-0.4, -0.2) is 10.5 Å². The molecule has 0 atom stereocenters. The van der Waals surface area contributed by atoms with Gasteiger partial charge in [0.15, 0.2) is 0 Å². The molecule has 0 fully saturated rings. The van der Waals surface area contributed by atoms with Crippen molar-refractivity contribution in [2.45, 2.75) is 6.54 Å². The molecule has 1 aromatic rings. The van der Waals surface area contributed by atoms with Gasteiger partial charge in [0.25, 0.3) is 0 Å². The second-order valence-corrected chi connectivity index (χ2v) is 2.10. The highest BCUT2D eigenvalue weighted by Gasteiger charge is 1.85. The summed E-state index contributed by atoms with van der Waals surface area (Å²) in [7, 11) is 0. The summed E-state index contributed by atoms with van der Waals surface area (Å²) < 4.78 is 0. The average Bonchev–Trinajstić information content (AvgIpc) is 2.03. The molecule has 1 heterocycles. The number of pyridine rings is 1. The second-order valence-electron chi connectivity index (χ2n) is 1.86. The van der Waals surface area contributed by atoms with E-state index in [-0.39, 0.29) is 0 Å². The lowest BCUT2D eigenvalue weighted by Gasteiger charge is -1.96. The quantitative estimate of drug-likeness (QED) is 0.657. The third-order valence-corrected chi connectivity index (χ3v) is 1.28. The second kappa shape index (κ2) is 3.95. The fourth-order valence-electron chi connectivity index (χ4n) is 0.662. The number of nitrogens with one attached hydrogen (secondary N) is 1. The minimum Gasteiger partial charge on any atom is -0.378 e. The predicted octanol–water partition coefficient (Wildman–Crippen LogP) is 1.13. The first-order valence-corrected chi connectivity index (χ1v) is 3.46. The molecule has 0 amide bonds. The Hall–Kier alpha value is -0.960. The molecule has 1 aromatic heterocycles.